The van der Waals surface area contributed by atoms with Crippen molar-refractivity contribution in [2.75, 3.05) is 18.1 Å². The molecule has 25 heteroatoms. The number of aliphatic carboxylic acids is 5. The van der Waals surface area contributed by atoms with Crippen molar-refractivity contribution in [2.45, 2.75) is 95.5 Å². The first-order valence-corrected chi connectivity index (χ1v) is 22.0. The number of ether oxygens (including phenoxy) is 2. The third kappa shape index (κ3) is 25.0. The molecule has 0 saturated carbocycles. The number of carbonyl (C=O) groups excluding carboxylic acids is 6. The second-order valence-electron chi connectivity index (χ2n) is 13.6. The highest BCUT2D eigenvalue weighted by atomic mass is 33.1. The molecule has 22 nitrogen and oxygen atoms in total. The van der Waals surface area contributed by atoms with Crippen molar-refractivity contribution in [3.05, 3.63) is 35.9 Å². The van der Waals surface area contributed by atoms with Crippen molar-refractivity contribution >= 4 is 105 Å². The lowest BCUT2D eigenvalue weighted by Crippen LogP contribution is -2.50. The number of rotatable bonds is 34. The van der Waals surface area contributed by atoms with Crippen LogP contribution >= 0.6 is 33.8 Å². The molecule has 0 unspecified atom stereocenters. The van der Waals surface area contributed by atoms with Crippen LogP contribution in [0.2, 0.25) is 0 Å². The Morgan fingerprint density at radius 1 is 0.698 bits per heavy atom. The minimum absolute atomic E-state index is 0.0161. The van der Waals surface area contributed by atoms with Crippen molar-refractivity contribution in [2.24, 2.45) is 11.8 Å². The lowest BCUT2D eigenvalue weighted by atomic mass is 9.92. The molecule has 0 radical (unpaired) electrons. The Morgan fingerprint density at radius 2 is 1.33 bits per heavy atom. The molecule has 348 valence electrons. The van der Waals surface area contributed by atoms with E-state index < -0.39 is 147 Å². The van der Waals surface area contributed by atoms with E-state index in [9.17, 15) is 73.2 Å². The molecule has 6 atom stereocenters. The van der Waals surface area contributed by atoms with Crippen LogP contribution in [0.25, 0.3) is 0 Å². The molecule has 0 aromatic heterocycles. The lowest BCUT2D eigenvalue weighted by molar-refractivity contribution is -0.144. The van der Waals surface area contributed by atoms with E-state index in [0.29, 0.717) is 11.3 Å². The number of hydrogen-bond donors (Lipinski definition) is 9. The van der Waals surface area contributed by atoms with Gasteiger partial charge in [0.25, 0.3) is 6.47 Å². The number of amides is 2. The van der Waals surface area contributed by atoms with Crippen molar-refractivity contribution in [3.63, 3.8) is 0 Å². The molecule has 0 spiro atoms. The summed E-state index contributed by atoms with van der Waals surface area (Å²) in [5.41, 5.74) is 0.575. The third-order valence-corrected chi connectivity index (χ3v) is 11.3. The van der Waals surface area contributed by atoms with Crippen LogP contribution in [0.5, 0.6) is 0 Å². The highest BCUT2D eigenvalue weighted by Crippen LogP contribution is 2.26. The van der Waals surface area contributed by atoms with Crippen molar-refractivity contribution in [1.29, 1.82) is 0 Å². The number of carbonyl (C=O) groups is 11. The SMILES string of the molecule is CC(=O)OCCSSC[C@@H](CC(=O)[C@@H](Cc1ccccc1)NC(=O)[C@H](CC(=O)O)CC(=O)CC[C@H](NC(=O)CC[C@H](NC(=S)N[C@@H](CCC(=O)O)OC=O)C(=O)O)C(=O)O)C(=O)O. The van der Waals surface area contributed by atoms with Gasteiger partial charge >= 0.3 is 35.8 Å². The average molecular weight is 947 g/mol. The van der Waals surface area contributed by atoms with E-state index in [1.165, 1.54) is 17.7 Å². The summed E-state index contributed by atoms with van der Waals surface area (Å²) in [6.45, 7) is 1.37. The Morgan fingerprint density at radius 3 is 1.90 bits per heavy atom. The predicted molar refractivity (Wildman–Crippen MR) is 226 cm³/mol. The minimum atomic E-state index is -1.68. The van der Waals surface area contributed by atoms with E-state index in [1.807, 2.05) is 0 Å². The molecule has 0 aliphatic carbocycles. The standard InChI is InChI=1S/C38H50N4O18S3/c1-21(44)59-13-14-62-63-19-24(35(53)54)17-29(46)28(15-22-5-3-2-4-6-22)40-34(52)23(18-33(50)51)16-25(45)7-8-26(36(55)56)39-30(47)10-9-27(37(57)58)41-38(61)42-31(60-20-43)11-12-32(48)49/h2-6,20,23-24,26-28,31H,7-19H2,1H3,(H,39,47)(H,40,52)(H,48,49)(H,50,51)(H,53,54)(H,55,56)(H,57,58)(H2,41,42,61)/t23-,24+,26-,27-,28+,31+/m0/s1. The summed E-state index contributed by atoms with van der Waals surface area (Å²) in [6.07, 6.45) is -6.16. The van der Waals surface area contributed by atoms with Crippen LogP contribution in [0.3, 0.4) is 0 Å². The molecule has 0 saturated heterocycles. The zero-order valence-electron chi connectivity index (χ0n) is 33.9. The zero-order chi connectivity index (χ0) is 47.5. The number of hydrogen-bond acceptors (Lipinski definition) is 16. The molecular weight excluding hydrogens is 897 g/mol. The summed E-state index contributed by atoms with van der Waals surface area (Å²) in [5, 5.41) is 56.6. The van der Waals surface area contributed by atoms with Crippen LogP contribution in [0.1, 0.15) is 70.3 Å². The first-order chi connectivity index (χ1) is 29.7. The Labute approximate surface area is 373 Å². The van der Waals surface area contributed by atoms with Gasteiger partial charge < -0.3 is 56.3 Å². The number of carboxylic acid groups (broad SMARTS) is 5. The number of esters is 1. The van der Waals surface area contributed by atoms with E-state index in [4.69, 9.17) is 22.1 Å². The molecule has 0 aliphatic heterocycles. The number of nitrogens with one attached hydrogen (secondary N) is 4. The molecule has 1 rings (SSSR count). The van der Waals surface area contributed by atoms with E-state index >= 15 is 0 Å². The highest BCUT2D eigenvalue weighted by Gasteiger charge is 2.32. The molecular formula is C38H50N4O18S3. The second kappa shape index (κ2) is 30.3. The van der Waals surface area contributed by atoms with Crippen molar-refractivity contribution < 1.29 is 87.7 Å². The highest BCUT2D eigenvalue weighted by molar-refractivity contribution is 8.76. The fourth-order valence-corrected chi connectivity index (χ4v) is 7.85. The summed E-state index contributed by atoms with van der Waals surface area (Å²) in [5.74, 6) is -13.3. The van der Waals surface area contributed by atoms with Crippen molar-refractivity contribution in [1.82, 2.24) is 21.3 Å². The van der Waals surface area contributed by atoms with Gasteiger partial charge in [-0.2, -0.15) is 0 Å². The van der Waals surface area contributed by atoms with Gasteiger partial charge in [0, 0.05) is 50.5 Å². The molecule has 63 heavy (non-hydrogen) atoms. The number of thiocarbonyl (C=S) groups is 1. The molecule has 2 amide bonds. The number of Topliss-reactive ketones (excluding diaryl/α,β-unsaturated/α-hetero) is 2. The number of benzene rings is 1. The normalized spacial score (nSPS) is 13.5. The van der Waals surface area contributed by atoms with Gasteiger partial charge in [0.2, 0.25) is 11.8 Å². The molecule has 0 aliphatic rings. The van der Waals surface area contributed by atoms with Crippen LogP contribution in [0.15, 0.2) is 30.3 Å². The predicted octanol–water partition coefficient (Wildman–Crippen LogP) is 0.780. The van der Waals surface area contributed by atoms with Gasteiger partial charge in [-0.3, -0.25) is 43.2 Å². The number of carboxylic acids is 5. The maximum absolute atomic E-state index is 13.6. The summed E-state index contributed by atoms with van der Waals surface area (Å²) < 4.78 is 9.51. The van der Waals surface area contributed by atoms with Gasteiger partial charge in [0.05, 0.1) is 30.7 Å². The first-order valence-electron chi connectivity index (χ1n) is 19.1. The van der Waals surface area contributed by atoms with Crippen LogP contribution in [0, 0.1) is 11.8 Å². The maximum atomic E-state index is 13.6. The van der Waals surface area contributed by atoms with E-state index in [0.717, 1.165) is 10.8 Å². The average Bonchev–Trinajstić information content (AvgIpc) is 3.20. The summed E-state index contributed by atoms with van der Waals surface area (Å²) >= 11 is 5.00. The van der Waals surface area contributed by atoms with Crippen LogP contribution in [-0.4, -0.2) is 139 Å². The van der Waals surface area contributed by atoms with Gasteiger partial charge in [-0.25, -0.2) is 9.59 Å². The fourth-order valence-electron chi connectivity index (χ4n) is 5.45. The molecule has 0 heterocycles. The molecule has 0 fully saturated rings. The topological polar surface area (TPSA) is 356 Å². The third-order valence-electron chi connectivity index (χ3n) is 8.62. The molecule has 1 aromatic rings. The summed E-state index contributed by atoms with van der Waals surface area (Å²) in [7, 11) is 2.37. The van der Waals surface area contributed by atoms with Crippen LogP contribution < -0.4 is 21.3 Å². The molecule has 0 bridgehead atoms. The Balaban J connectivity index is 2.96. The maximum Gasteiger partial charge on any atom is 0.326 e. The van der Waals surface area contributed by atoms with Gasteiger partial charge in [-0.05, 0) is 37.0 Å². The zero-order valence-corrected chi connectivity index (χ0v) is 36.3. The van der Waals surface area contributed by atoms with Crippen molar-refractivity contribution in [3.8, 4) is 0 Å². The minimum Gasteiger partial charge on any atom is -0.481 e. The molecule has 1 aromatic carbocycles. The van der Waals surface area contributed by atoms with E-state index in [1.54, 1.807) is 30.3 Å². The van der Waals surface area contributed by atoms with E-state index in [2.05, 4.69) is 26.0 Å². The van der Waals surface area contributed by atoms with Gasteiger partial charge in [-0.15, -0.1) is 0 Å². The van der Waals surface area contributed by atoms with Gasteiger partial charge in [0.1, 0.15) is 24.5 Å². The lowest BCUT2D eigenvalue weighted by Gasteiger charge is -2.23. The smallest absolute Gasteiger partial charge is 0.326 e. The monoisotopic (exact) mass is 946 g/mol. The van der Waals surface area contributed by atoms with Crippen LogP contribution in [-0.2, 0) is 68.6 Å². The molecule has 9 N–H and O–H groups in total. The van der Waals surface area contributed by atoms with E-state index in [-0.39, 0.29) is 36.8 Å². The quantitative estimate of drug-likeness (QED) is 0.0115. The first kappa shape index (κ1) is 55.2. The second-order valence-corrected chi connectivity index (χ2v) is 16.7. The number of ketones is 2. The Hall–Kier alpha value is -5.82. The van der Waals surface area contributed by atoms with Crippen LogP contribution in [0.4, 0.5) is 0 Å². The fraction of sp³-hybridized carbons (Fsp3) is 0.526. The largest absolute Gasteiger partial charge is 0.481 e. The Bertz CT molecular complexity index is 1790. The summed E-state index contributed by atoms with van der Waals surface area (Å²) in [4.78, 5) is 133. The summed E-state index contributed by atoms with van der Waals surface area (Å²) in [6, 6.07) is 3.81. The van der Waals surface area contributed by atoms with Gasteiger partial charge in [0.15, 0.2) is 17.1 Å². The van der Waals surface area contributed by atoms with Gasteiger partial charge in [-0.1, -0.05) is 51.9 Å². The Kier molecular flexibility index (Phi) is 26.5.